The number of carbonyl (C=O) groups excluding carboxylic acids is 1. The third-order valence-electron chi connectivity index (χ3n) is 3.03. The van der Waals surface area contributed by atoms with Crippen LogP contribution in [0.5, 0.6) is 0 Å². The maximum Gasteiger partial charge on any atom is 0.212 e. The van der Waals surface area contributed by atoms with Gasteiger partial charge >= 0.3 is 0 Å². The van der Waals surface area contributed by atoms with E-state index in [2.05, 4.69) is 4.98 Å². The quantitative estimate of drug-likeness (QED) is 0.638. The van der Waals surface area contributed by atoms with Crippen LogP contribution in [0.2, 0.25) is 10.0 Å². The van der Waals surface area contributed by atoms with Crippen molar-refractivity contribution >= 4 is 39.9 Å². The van der Waals surface area contributed by atoms with Crippen LogP contribution in [0.4, 0.5) is 0 Å². The number of hydrogen-bond donors (Lipinski definition) is 0. The molecule has 0 N–H and O–H groups in total. The van der Waals surface area contributed by atoms with E-state index in [1.807, 2.05) is 30.3 Å². The molecule has 0 fully saturated rings. The van der Waals surface area contributed by atoms with Gasteiger partial charge in [0.25, 0.3) is 0 Å². The van der Waals surface area contributed by atoms with Crippen molar-refractivity contribution in [3.8, 4) is 0 Å². The van der Waals surface area contributed by atoms with E-state index in [4.69, 9.17) is 23.2 Å². The molecule has 1 aromatic heterocycles. The largest absolute Gasteiger partial charge is 0.287 e. The average Bonchev–Trinajstić information content (AvgIpc) is 2.49. The van der Waals surface area contributed by atoms with Crippen molar-refractivity contribution < 1.29 is 4.79 Å². The fourth-order valence-corrected chi connectivity index (χ4v) is 2.40. The summed E-state index contributed by atoms with van der Waals surface area (Å²) in [5.41, 5.74) is 1.49. The summed E-state index contributed by atoms with van der Waals surface area (Å²) in [5.74, 6) is -0.233. The van der Waals surface area contributed by atoms with Gasteiger partial charge < -0.3 is 0 Å². The van der Waals surface area contributed by atoms with Crippen LogP contribution in [0.3, 0.4) is 0 Å². The zero-order valence-electron chi connectivity index (χ0n) is 10.3. The molecule has 0 saturated carbocycles. The van der Waals surface area contributed by atoms with Crippen LogP contribution in [-0.4, -0.2) is 10.8 Å². The number of rotatable bonds is 2. The second-order valence-electron chi connectivity index (χ2n) is 4.32. The lowest BCUT2D eigenvalue weighted by Gasteiger charge is -2.05. The standard InChI is InChI=1S/C16H9Cl2NO/c17-12-6-3-5-11(15(12)18)16(20)14-9-8-10-4-1-2-7-13(10)19-14/h1-9H. The maximum absolute atomic E-state index is 12.5. The monoisotopic (exact) mass is 301 g/mol. The molecule has 1 heterocycles. The van der Waals surface area contributed by atoms with E-state index in [-0.39, 0.29) is 10.8 Å². The van der Waals surface area contributed by atoms with Gasteiger partial charge in [0.05, 0.1) is 15.6 Å². The number of carbonyl (C=O) groups is 1. The third kappa shape index (κ3) is 2.28. The number of fused-ring (bicyclic) bond motifs is 1. The molecule has 0 atom stereocenters. The molecule has 20 heavy (non-hydrogen) atoms. The molecule has 4 heteroatoms. The first-order chi connectivity index (χ1) is 9.66. The van der Waals surface area contributed by atoms with Crippen LogP contribution in [0.25, 0.3) is 10.9 Å². The van der Waals surface area contributed by atoms with Crippen molar-refractivity contribution in [1.29, 1.82) is 0 Å². The molecule has 0 bridgehead atoms. The van der Waals surface area contributed by atoms with E-state index in [0.717, 1.165) is 10.9 Å². The highest BCUT2D eigenvalue weighted by atomic mass is 35.5. The van der Waals surface area contributed by atoms with Crippen molar-refractivity contribution in [3.05, 3.63) is 75.9 Å². The molecular formula is C16H9Cl2NO. The van der Waals surface area contributed by atoms with Crippen LogP contribution in [0.15, 0.2) is 54.6 Å². The van der Waals surface area contributed by atoms with E-state index < -0.39 is 0 Å². The number of benzene rings is 2. The Morgan fingerprint density at radius 2 is 1.70 bits per heavy atom. The molecule has 98 valence electrons. The Labute approximate surface area is 126 Å². The highest BCUT2D eigenvalue weighted by molar-refractivity contribution is 6.44. The smallest absolute Gasteiger partial charge is 0.212 e. The number of hydrogen-bond acceptors (Lipinski definition) is 2. The van der Waals surface area contributed by atoms with Crippen molar-refractivity contribution in [2.24, 2.45) is 0 Å². The summed E-state index contributed by atoms with van der Waals surface area (Å²) in [6.07, 6.45) is 0. The zero-order chi connectivity index (χ0) is 14.1. The van der Waals surface area contributed by atoms with Crippen LogP contribution < -0.4 is 0 Å². The Bertz CT molecular complexity index is 814. The van der Waals surface area contributed by atoms with Crippen LogP contribution in [-0.2, 0) is 0 Å². The molecule has 0 aliphatic carbocycles. The van der Waals surface area contributed by atoms with Crippen molar-refractivity contribution in [2.75, 3.05) is 0 Å². The molecule has 2 nitrogen and oxygen atoms in total. The molecule has 0 unspecified atom stereocenters. The SMILES string of the molecule is O=C(c1ccc2ccccc2n1)c1cccc(Cl)c1Cl. The fraction of sp³-hybridized carbons (Fsp3) is 0. The second kappa shape index (κ2) is 5.23. The normalized spacial score (nSPS) is 10.7. The molecular weight excluding hydrogens is 293 g/mol. The summed E-state index contributed by atoms with van der Waals surface area (Å²) < 4.78 is 0. The van der Waals surface area contributed by atoms with Gasteiger partial charge in [-0.25, -0.2) is 4.98 Å². The van der Waals surface area contributed by atoms with E-state index in [1.54, 1.807) is 24.3 Å². The highest BCUT2D eigenvalue weighted by Gasteiger charge is 2.16. The first-order valence-electron chi connectivity index (χ1n) is 6.01. The summed E-state index contributed by atoms with van der Waals surface area (Å²) in [4.78, 5) is 16.8. The van der Waals surface area contributed by atoms with E-state index in [0.29, 0.717) is 16.3 Å². The number of nitrogens with zero attached hydrogens (tertiary/aromatic N) is 1. The van der Waals surface area contributed by atoms with Gasteiger partial charge in [-0.05, 0) is 24.3 Å². The Hall–Kier alpha value is -1.90. The summed E-state index contributed by atoms with van der Waals surface area (Å²) >= 11 is 12.0. The Balaban J connectivity index is 2.10. The number of ketones is 1. The third-order valence-corrected chi connectivity index (χ3v) is 3.85. The minimum Gasteiger partial charge on any atom is -0.287 e. The van der Waals surface area contributed by atoms with Gasteiger partial charge in [-0.2, -0.15) is 0 Å². The van der Waals surface area contributed by atoms with Crippen LogP contribution in [0, 0.1) is 0 Å². The van der Waals surface area contributed by atoms with Gasteiger partial charge in [-0.1, -0.05) is 53.5 Å². The number of para-hydroxylation sites is 1. The molecule has 3 rings (SSSR count). The second-order valence-corrected chi connectivity index (χ2v) is 5.10. The molecule has 0 radical (unpaired) electrons. The average molecular weight is 302 g/mol. The first-order valence-corrected chi connectivity index (χ1v) is 6.77. The molecule has 0 amide bonds. The minimum atomic E-state index is -0.233. The van der Waals surface area contributed by atoms with Gasteiger partial charge in [-0.15, -0.1) is 0 Å². The lowest BCUT2D eigenvalue weighted by atomic mass is 10.1. The molecule has 2 aromatic carbocycles. The van der Waals surface area contributed by atoms with Gasteiger partial charge in [0.2, 0.25) is 5.78 Å². The zero-order valence-corrected chi connectivity index (χ0v) is 11.8. The van der Waals surface area contributed by atoms with E-state index >= 15 is 0 Å². The Morgan fingerprint density at radius 3 is 2.55 bits per heavy atom. The highest BCUT2D eigenvalue weighted by Crippen LogP contribution is 2.27. The van der Waals surface area contributed by atoms with Crippen LogP contribution >= 0.6 is 23.2 Å². The number of pyridine rings is 1. The van der Waals surface area contributed by atoms with Gasteiger partial charge in [0, 0.05) is 10.9 Å². The van der Waals surface area contributed by atoms with Gasteiger partial charge in [-0.3, -0.25) is 4.79 Å². The number of aromatic nitrogens is 1. The topological polar surface area (TPSA) is 30.0 Å². The van der Waals surface area contributed by atoms with Crippen LogP contribution in [0.1, 0.15) is 16.1 Å². The summed E-state index contributed by atoms with van der Waals surface area (Å²) in [7, 11) is 0. The van der Waals surface area contributed by atoms with Crippen molar-refractivity contribution in [3.63, 3.8) is 0 Å². The lowest BCUT2D eigenvalue weighted by molar-refractivity contribution is 0.103. The predicted molar refractivity (Wildman–Crippen MR) is 81.6 cm³/mol. The fourth-order valence-electron chi connectivity index (χ4n) is 2.01. The first kappa shape index (κ1) is 13.1. The molecule has 0 spiro atoms. The van der Waals surface area contributed by atoms with Gasteiger partial charge in [0.1, 0.15) is 5.69 Å². The predicted octanol–water partition coefficient (Wildman–Crippen LogP) is 4.77. The molecule has 0 aliphatic rings. The van der Waals surface area contributed by atoms with E-state index in [1.165, 1.54) is 0 Å². The Morgan fingerprint density at radius 1 is 0.900 bits per heavy atom. The summed E-state index contributed by atoms with van der Waals surface area (Å²) in [5, 5.41) is 1.61. The Kier molecular flexibility index (Phi) is 3.43. The maximum atomic E-state index is 12.5. The molecule has 3 aromatic rings. The van der Waals surface area contributed by atoms with E-state index in [9.17, 15) is 4.79 Å². The molecule has 0 aliphatic heterocycles. The van der Waals surface area contributed by atoms with Gasteiger partial charge in [0.15, 0.2) is 0 Å². The minimum absolute atomic E-state index is 0.233. The van der Waals surface area contributed by atoms with Crippen molar-refractivity contribution in [1.82, 2.24) is 4.98 Å². The summed E-state index contributed by atoms with van der Waals surface area (Å²) in [6, 6.07) is 16.2. The van der Waals surface area contributed by atoms with Crippen molar-refractivity contribution in [2.45, 2.75) is 0 Å². The summed E-state index contributed by atoms with van der Waals surface area (Å²) in [6.45, 7) is 0. The lowest BCUT2D eigenvalue weighted by Crippen LogP contribution is -2.05. The molecule has 0 saturated heterocycles. The number of halogens is 2.